The van der Waals surface area contributed by atoms with Gasteiger partial charge in [-0.2, -0.15) is 13.2 Å². The van der Waals surface area contributed by atoms with E-state index in [0.29, 0.717) is 43.8 Å². The van der Waals surface area contributed by atoms with Crippen LogP contribution in [0.25, 0.3) is 11.0 Å². The Kier molecular flexibility index (Phi) is 5.75. The van der Waals surface area contributed by atoms with Crippen molar-refractivity contribution in [2.45, 2.75) is 12.8 Å². The third kappa shape index (κ3) is 4.46. The predicted octanol–water partition coefficient (Wildman–Crippen LogP) is 4.99. The minimum Gasteiger partial charge on any atom is -0.487 e. The molecule has 4 rings (SSSR count). The van der Waals surface area contributed by atoms with Gasteiger partial charge >= 0.3 is 11.8 Å². The first-order valence-corrected chi connectivity index (χ1v) is 9.99. The summed E-state index contributed by atoms with van der Waals surface area (Å²) in [4.78, 5) is 13.6. The molecule has 1 aliphatic rings. The molecule has 1 fully saturated rings. The Morgan fingerprint density at radius 2 is 1.77 bits per heavy atom. The van der Waals surface area contributed by atoms with E-state index in [2.05, 4.69) is 15.9 Å². The number of fused-ring (bicyclic) bond motifs is 1. The monoisotopic (exact) mass is 483 g/mol. The fraction of sp³-hybridized carbons (Fsp3) is 0.286. The summed E-state index contributed by atoms with van der Waals surface area (Å²) in [5.74, 6) is 0.342. The van der Waals surface area contributed by atoms with E-state index in [1.165, 1.54) is 12.1 Å². The molecule has 5 nitrogen and oxygen atoms in total. The van der Waals surface area contributed by atoms with Crippen molar-refractivity contribution in [3.8, 4) is 5.75 Å². The number of hydrogen-bond acceptors (Lipinski definition) is 5. The van der Waals surface area contributed by atoms with Gasteiger partial charge in [-0.05, 0) is 23.8 Å². The van der Waals surface area contributed by atoms with Gasteiger partial charge in [0.1, 0.15) is 17.9 Å². The lowest BCUT2D eigenvalue weighted by Crippen LogP contribution is -2.36. The number of benzene rings is 2. The van der Waals surface area contributed by atoms with Crippen LogP contribution < -0.4 is 15.3 Å². The number of rotatable bonds is 4. The molecule has 0 N–H and O–H groups in total. The molecule has 0 bridgehead atoms. The molecule has 2 aromatic carbocycles. The zero-order valence-electron chi connectivity index (χ0n) is 15.7. The van der Waals surface area contributed by atoms with Gasteiger partial charge in [-0.25, -0.2) is 4.79 Å². The summed E-state index contributed by atoms with van der Waals surface area (Å²) in [6.45, 7) is 2.15. The molecule has 3 aromatic rings. The second-order valence-electron chi connectivity index (χ2n) is 6.81. The molecule has 30 heavy (non-hydrogen) atoms. The molecule has 0 saturated carbocycles. The van der Waals surface area contributed by atoms with Crippen molar-refractivity contribution in [2.75, 3.05) is 31.2 Å². The van der Waals surface area contributed by atoms with Crippen molar-refractivity contribution in [3.05, 3.63) is 68.5 Å². The van der Waals surface area contributed by atoms with Crippen LogP contribution in [0.4, 0.5) is 18.9 Å². The zero-order chi connectivity index (χ0) is 21.3. The van der Waals surface area contributed by atoms with Crippen molar-refractivity contribution >= 4 is 32.6 Å². The van der Waals surface area contributed by atoms with Gasteiger partial charge in [0.05, 0.1) is 24.5 Å². The van der Waals surface area contributed by atoms with E-state index in [0.717, 1.165) is 10.0 Å². The maximum atomic E-state index is 13.5. The van der Waals surface area contributed by atoms with E-state index in [9.17, 15) is 18.0 Å². The maximum Gasteiger partial charge on any atom is 0.417 e. The van der Waals surface area contributed by atoms with Crippen LogP contribution in [0.3, 0.4) is 0 Å². The Bertz CT molecular complexity index is 1110. The van der Waals surface area contributed by atoms with Crippen LogP contribution in [0.15, 0.2) is 56.1 Å². The minimum atomic E-state index is -4.68. The largest absolute Gasteiger partial charge is 0.487 e. The van der Waals surface area contributed by atoms with Gasteiger partial charge in [0.15, 0.2) is 0 Å². The van der Waals surface area contributed by atoms with Crippen LogP contribution in [0.5, 0.6) is 5.75 Å². The second-order valence-corrected chi connectivity index (χ2v) is 7.72. The molecule has 9 heteroatoms. The van der Waals surface area contributed by atoms with Gasteiger partial charge in [0, 0.05) is 35.1 Å². The van der Waals surface area contributed by atoms with Crippen LogP contribution >= 0.6 is 15.9 Å². The van der Waals surface area contributed by atoms with Crippen molar-refractivity contribution in [2.24, 2.45) is 0 Å². The first-order valence-electron chi connectivity index (χ1n) is 9.20. The first-order chi connectivity index (χ1) is 14.3. The SMILES string of the molecule is O=c1cc(C(F)(F)F)c2cc(N3CCOCC3)c(OCc3ccc(Br)cc3)cc2o1. The number of halogens is 4. The number of nitrogens with zero attached hydrogens (tertiary/aromatic N) is 1. The summed E-state index contributed by atoms with van der Waals surface area (Å²) in [5, 5.41) is -0.181. The quantitative estimate of drug-likeness (QED) is 0.489. The number of hydrogen-bond donors (Lipinski definition) is 0. The van der Waals surface area contributed by atoms with Gasteiger partial charge < -0.3 is 18.8 Å². The lowest BCUT2D eigenvalue weighted by Gasteiger charge is -2.30. The van der Waals surface area contributed by atoms with Crippen molar-refractivity contribution < 1.29 is 27.1 Å². The van der Waals surface area contributed by atoms with Crippen molar-refractivity contribution in [3.63, 3.8) is 0 Å². The molecule has 158 valence electrons. The predicted molar refractivity (Wildman–Crippen MR) is 109 cm³/mol. The summed E-state index contributed by atoms with van der Waals surface area (Å²) in [7, 11) is 0. The van der Waals surface area contributed by atoms with Crippen LogP contribution in [-0.4, -0.2) is 26.3 Å². The molecule has 0 amide bonds. The highest BCUT2D eigenvalue weighted by molar-refractivity contribution is 9.10. The van der Waals surface area contributed by atoms with E-state index in [4.69, 9.17) is 13.9 Å². The standard InChI is InChI=1S/C21H17BrF3NO4/c22-14-3-1-13(2-4-14)12-29-19-11-18-15(9-17(19)26-5-7-28-8-6-26)16(21(23,24)25)10-20(27)30-18/h1-4,9-11H,5-8,12H2. The second kappa shape index (κ2) is 8.31. The molecule has 0 aliphatic carbocycles. The van der Waals surface area contributed by atoms with Gasteiger partial charge in [0.25, 0.3) is 0 Å². The fourth-order valence-corrected chi connectivity index (χ4v) is 3.59. The van der Waals surface area contributed by atoms with Gasteiger partial charge in [-0.3, -0.25) is 0 Å². The Balaban J connectivity index is 1.80. The Labute approximate surface area is 178 Å². The summed E-state index contributed by atoms with van der Waals surface area (Å²) in [6.07, 6.45) is -4.68. The Morgan fingerprint density at radius 1 is 1.07 bits per heavy atom. The number of anilines is 1. The normalized spacial score (nSPS) is 14.9. The number of ether oxygens (including phenoxy) is 2. The Hall–Kier alpha value is -2.52. The summed E-state index contributed by atoms with van der Waals surface area (Å²) >= 11 is 3.37. The number of alkyl halides is 3. The topological polar surface area (TPSA) is 51.9 Å². The fourth-order valence-electron chi connectivity index (χ4n) is 3.32. The lowest BCUT2D eigenvalue weighted by atomic mass is 10.1. The van der Waals surface area contributed by atoms with Crippen LogP contribution in [0.2, 0.25) is 0 Å². The molecule has 0 radical (unpaired) electrons. The molecule has 0 unspecified atom stereocenters. The van der Waals surface area contributed by atoms with Gasteiger partial charge in [-0.1, -0.05) is 28.1 Å². The molecule has 0 atom stereocenters. The van der Waals surface area contributed by atoms with Crippen LogP contribution in [0.1, 0.15) is 11.1 Å². The maximum absolute atomic E-state index is 13.5. The third-order valence-corrected chi connectivity index (χ3v) is 5.32. The smallest absolute Gasteiger partial charge is 0.417 e. The van der Waals surface area contributed by atoms with Gasteiger partial charge in [0.2, 0.25) is 0 Å². The molecule has 2 heterocycles. The van der Waals surface area contributed by atoms with Crippen molar-refractivity contribution in [1.82, 2.24) is 0 Å². The zero-order valence-corrected chi connectivity index (χ0v) is 17.3. The van der Waals surface area contributed by atoms with Crippen LogP contribution in [-0.2, 0) is 17.5 Å². The van der Waals surface area contributed by atoms with E-state index >= 15 is 0 Å². The van der Waals surface area contributed by atoms with E-state index in [-0.39, 0.29) is 17.6 Å². The minimum absolute atomic E-state index is 0.169. The summed E-state index contributed by atoms with van der Waals surface area (Å²) < 4.78 is 57.9. The molecule has 0 spiro atoms. The first kappa shape index (κ1) is 20.7. The molecule has 1 aromatic heterocycles. The highest BCUT2D eigenvalue weighted by atomic mass is 79.9. The van der Waals surface area contributed by atoms with Crippen molar-refractivity contribution in [1.29, 1.82) is 0 Å². The molecule has 1 saturated heterocycles. The summed E-state index contributed by atoms with van der Waals surface area (Å²) in [6, 6.07) is 10.7. The highest BCUT2D eigenvalue weighted by Crippen LogP contribution is 2.39. The third-order valence-electron chi connectivity index (χ3n) is 4.79. The average molecular weight is 484 g/mol. The lowest BCUT2D eigenvalue weighted by molar-refractivity contribution is -0.136. The molecular weight excluding hydrogens is 467 g/mol. The molecule has 1 aliphatic heterocycles. The van der Waals surface area contributed by atoms with E-state index in [1.807, 2.05) is 29.2 Å². The highest BCUT2D eigenvalue weighted by Gasteiger charge is 2.34. The van der Waals surface area contributed by atoms with Crippen LogP contribution in [0, 0.1) is 0 Å². The average Bonchev–Trinajstić information content (AvgIpc) is 2.72. The summed E-state index contributed by atoms with van der Waals surface area (Å²) in [5.41, 5.74) is -0.868. The Morgan fingerprint density at radius 3 is 2.43 bits per heavy atom. The molecular formula is C21H17BrF3NO4. The number of morpholine rings is 1. The van der Waals surface area contributed by atoms with E-state index < -0.39 is 17.4 Å². The van der Waals surface area contributed by atoms with E-state index in [1.54, 1.807) is 0 Å². The van der Waals surface area contributed by atoms with Gasteiger partial charge in [-0.15, -0.1) is 0 Å².